The summed E-state index contributed by atoms with van der Waals surface area (Å²) >= 11 is 0. The van der Waals surface area contributed by atoms with Gasteiger partial charge in [-0.2, -0.15) is 0 Å². The van der Waals surface area contributed by atoms with Gasteiger partial charge in [0.25, 0.3) is 0 Å². The van der Waals surface area contributed by atoms with Gasteiger partial charge in [-0.3, -0.25) is 9.36 Å². The van der Waals surface area contributed by atoms with E-state index in [4.69, 9.17) is 4.74 Å². The van der Waals surface area contributed by atoms with E-state index >= 15 is 0 Å². The topological polar surface area (TPSA) is 87.2 Å². The Bertz CT molecular complexity index is 1060. The standard InChI is InChI=1S/C16H13F2N3O4/c1-4-24-16(23)9-6-21(15-8(3)19-25-20-15)11-5-10(17)13(18)7(2)12(11)14(9)22/h5-6H,4H2,1-3H3. The fraction of sp³-hybridized carbons (Fsp3) is 0.250. The molecule has 0 saturated carbocycles. The zero-order chi connectivity index (χ0) is 18.3. The first-order valence-corrected chi connectivity index (χ1v) is 7.37. The third-order valence-corrected chi connectivity index (χ3v) is 3.78. The van der Waals surface area contributed by atoms with Gasteiger partial charge in [-0.05, 0) is 25.9 Å². The minimum atomic E-state index is -1.16. The Morgan fingerprint density at radius 2 is 2.04 bits per heavy atom. The number of fused-ring (bicyclic) bond motifs is 1. The number of hydrogen-bond acceptors (Lipinski definition) is 6. The van der Waals surface area contributed by atoms with Crippen molar-refractivity contribution in [3.05, 3.63) is 50.9 Å². The predicted octanol–water partition coefficient (Wildman–Crippen LogP) is 2.45. The highest BCUT2D eigenvalue weighted by Gasteiger charge is 2.23. The number of ether oxygens (including phenoxy) is 1. The Morgan fingerprint density at radius 1 is 1.32 bits per heavy atom. The highest BCUT2D eigenvalue weighted by atomic mass is 19.2. The fourth-order valence-corrected chi connectivity index (χ4v) is 2.58. The number of nitrogens with zero attached hydrogens (tertiary/aromatic N) is 3. The van der Waals surface area contributed by atoms with Crippen LogP contribution in [0.1, 0.15) is 28.5 Å². The van der Waals surface area contributed by atoms with Crippen LogP contribution in [-0.4, -0.2) is 27.5 Å². The molecule has 0 aliphatic rings. The van der Waals surface area contributed by atoms with Crippen molar-refractivity contribution in [2.24, 2.45) is 0 Å². The second-order valence-corrected chi connectivity index (χ2v) is 5.33. The van der Waals surface area contributed by atoms with Crippen LogP contribution in [0.2, 0.25) is 0 Å². The Kier molecular flexibility index (Phi) is 4.07. The number of pyridine rings is 1. The van der Waals surface area contributed by atoms with Crippen LogP contribution in [0.4, 0.5) is 8.78 Å². The van der Waals surface area contributed by atoms with Crippen LogP contribution in [0.5, 0.6) is 0 Å². The molecule has 130 valence electrons. The van der Waals surface area contributed by atoms with Gasteiger partial charge in [-0.1, -0.05) is 5.16 Å². The van der Waals surface area contributed by atoms with Gasteiger partial charge in [0.2, 0.25) is 11.2 Å². The number of carbonyl (C=O) groups excluding carboxylic acids is 1. The van der Waals surface area contributed by atoms with E-state index < -0.39 is 23.0 Å². The van der Waals surface area contributed by atoms with Crippen LogP contribution in [0.15, 0.2) is 21.7 Å². The Labute approximate surface area is 139 Å². The SMILES string of the molecule is CCOC(=O)c1cn(-c2nonc2C)c2cc(F)c(F)c(C)c2c1=O. The van der Waals surface area contributed by atoms with Crippen molar-refractivity contribution in [2.75, 3.05) is 6.61 Å². The maximum absolute atomic E-state index is 14.0. The smallest absolute Gasteiger partial charge is 0.343 e. The van der Waals surface area contributed by atoms with Crippen molar-refractivity contribution in [1.29, 1.82) is 0 Å². The van der Waals surface area contributed by atoms with Gasteiger partial charge in [-0.25, -0.2) is 18.2 Å². The lowest BCUT2D eigenvalue weighted by Crippen LogP contribution is -2.22. The monoisotopic (exact) mass is 349 g/mol. The zero-order valence-electron chi connectivity index (χ0n) is 13.6. The normalized spacial score (nSPS) is 11.1. The quantitative estimate of drug-likeness (QED) is 0.675. The van der Waals surface area contributed by atoms with Crippen molar-refractivity contribution in [3.8, 4) is 5.82 Å². The van der Waals surface area contributed by atoms with Crippen LogP contribution in [-0.2, 0) is 4.74 Å². The summed E-state index contributed by atoms with van der Waals surface area (Å²) in [4.78, 5) is 24.8. The second-order valence-electron chi connectivity index (χ2n) is 5.33. The molecule has 0 amide bonds. The molecule has 9 heteroatoms. The summed E-state index contributed by atoms with van der Waals surface area (Å²) in [5.41, 5.74) is -0.925. The van der Waals surface area contributed by atoms with E-state index in [-0.39, 0.29) is 34.5 Å². The van der Waals surface area contributed by atoms with Crippen LogP contribution in [0.3, 0.4) is 0 Å². The molecule has 0 atom stereocenters. The molecule has 7 nitrogen and oxygen atoms in total. The van der Waals surface area contributed by atoms with Gasteiger partial charge >= 0.3 is 5.97 Å². The maximum Gasteiger partial charge on any atom is 0.343 e. The molecule has 0 saturated heterocycles. The molecule has 0 aliphatic carbocycles. The summed E-state index contributed by atoms with van der Waals surface area (Å²) < 4.78 is 38.6. The van der Waals surface area contributed by atoms with E-state index in [1.807, 2.05) is 0 Å². The number of hydrogen-bond donors (Lipinski definition) is 0. The molecule has 0 unspecified atom stereocenters. The molecule has 25 heavy (non-hydrogen) atoms. The number of esters is 1. The lowest BCUT2D eigenvalue weighted by molar-refractivity contribution is 0.0524. The van der Waals surface area contributed by atoms with E-state index in [1.165, 1.54) is 11.5 Å². The summed E-state index contributed by atoms with van der Waals surface area (Å²) in [5.74, 6) is -3.02. The first kappa shape index (κ1) is 16.7. The summed E-state index contributed by atoms with van der Waals surface area (Å²) in [6.07, 6.45) is 1.16. The lowest BCUT2D eigenvalue weighted by atomic mass is 10.0. The summed E-state index contributed by atoms with van der Waals surface area (Å²) in [6, 6.07) is 0.863. The minimum absolute atomic E-state index is 0.0354. The highest BCUT2D eigenvalue weighted by molar-refractivity contribution is 5.95. The van der Waals surface area contributed by atoms with E-state index in [9.17, 15) is 18.4 Å². The number of rotatable bonds is 3. The van der Waals surface area contributed by atoms with E-state index in [1.54, 1.807) is 13.8 Å². The van der Waals surface area contributed by atoms with Crippen molar-refractivity contribution in [3.63, 3.8) is 0 Å². The molecule has 1 aromatic carbocycles. The first-order valence-electron chi connectivity index (χ1n) is 7.37. The Balaban J connectivity index is 2.49. The molecule has 0 bridgehead atoms. The van der Waals surface area contributed by atoms with Gasteiger partial charge in [0.05, 0.1) is 17.5 Å². The predicted molar refractivity (Wildman–Crippen MR) is 82.7 cm³/mol. The second kappa shape index (κ2) is 6.08. The van der Waals surface area contributed by atoms with Gasteiger partial charge in [0.15, 0.2) is 11.6 Å². The third kappa shape index (κ3) is 2.57. The molecule has 3 rings (SSSR count). The number of halogens is 2. The third-order valence-electron chi connectivity index (χ3n) is 3.78. The largest absolute Gasteiger partial charge is 0.462 e. The van der Waals surface area contributed by atoms with Gasteiger partial charge in [0.1, 0.15) is 11.3 Å². The molecule has 0 fully saturated rings. The van der Waals surface area contributed by atoms with Crippen molar-refractivity contribution in [2.45, 2.75) is 20.8 Å². The number of aryl methyl sites for hydroxylation is 2. The molecule has 0 spiro atoms. The Morgan fingerprint density at radius 3 is 2.64 bits per heavy atom. The highest BCUT2D eigenvalue weighted by Crippen LogP contribution is 2.25. The van der Waals surface area contributed by atoms with E-state index in [0.717, 1.165) is 12.3 Å². The van der Waals surface area contributed by atoms with Crippen molar-refractivity contribution in [1.82, 2.24) is 14.9 Å². The maximum atomic E-state index is 14.0. The number of benzene rings is 1. The van der Waals surface area contributed by atoms with Crippen LogP contribution in [0.25, 0.3) is 16.7 Å². The van der Waals surface area contributed by atoms with E-state index in [0.29, 0.717) is 5.69 Å². The zero-order valence-corrected chi connectivity index (χ0v) is 13.6. The van der Waals surface area contributed by atoms with Crippen LogP contribution >= 0.6 is 0 Å². The average molecular weight is 349 g/mol. The lowest BCUT2D eigenvalue weighted by Gasteiger charge is -2.13. The van der Waals surface area contributed by atoms with Crippen LogP contribution in [0, 0.1) is 25.5 Å². The Hall–Kier alpha value is -3.10. The van der Waals surface area contributed by atoms with Gasteiger partial charge < -0.3 is 4.74 Å². The first-order chi connectivity index (χ1) is 11.9. The van der Waals surface area contributed by atoms with Crippen LogP contribution < -0.4 is 5.43 Å². The molecule has 0 N–H and O–H groups in total. The molecule has 3 aromatic rings. The van der Waals surface area contributed by atoms with E-state index in [2.05, 4.69) is 14.9 Å². The molecule has 2 aromatic heterocycles. The summed E-state index contributed by atoms with van der Waals surface area (Å²) in [5, 5.41) is 7.18. The molecular formula is C16H13F2N3O4. The molecular weight excluding hydrogens is 336 g/mol. The minimum Gasteiger partial charge on any atom is -0.462 e. The van der Waals surface area contributed by atoms with Gasteiger partial charge in [-0.15, -0.1) is 0 Å². The molecule has 2 heterocycles. The summed E-state index contributed by atoms with van der Waals surface area (Å²) in [7, 11) is 0. The van der Waals surface area contributed by atoms with Gasteiger partial charge in [0, 0.05) is 17.8 Å². The average Bonchev–Trinajstić information content (AvgIpc) is 2.99. The fourth-order valence-electron chi connectivity index (χ4n) is 2.58. The molecule has 0 radical (unpaired) electrons. The van der Waals surface area contributed by atoms with Crippen molar-refractivity contribution >= 4 is 16.9 Å². The number of aromatic nitrogens is 3. The van der Waals surface area contributed by atoms with Crippen molar-refractivity contribution < 1.29 is 22.9 Å². The summed E-state index contributed by atoms with van der Waals surface area (Å²) in [6.45, 7) is 4.48. The molecule has 0 aliphatic heterocycles. The number of carbonyl (C=O) groups is 1.